The number of hydrogen-bond donors (Lipinski definition) is 0. The first-order chi connectivity index (χ1) is 9.61. The van der Waals surface area contributed by atoms with E-state index in [2.05, 4.69) is 39.0 Å². The lowest BCUT2D eigenvalue weighted by Crippen LogP contribution is -2.33. The Hall–Kier alpha value is -1.05. The molecule has 2 unspecified atom stereocenters. The van der Waals surface area contributed by atoms with E-state index in [1.165, 1.54) is 18.4 Å². The molecule has 0 heterocycles. The van der Waals surface area contributed by atoms with Gasteiger partial charge in [-0.2, -0.15) is 0 Å². The van der Waals surface area contributed by atoms with Crippen molar-refractivity contribution in [2.75, 3.05) is 13.1 Å². The molecule has 2 aliphatic rings. The van der Waals surface area contributed by atoms with E-state index in [0.29, 0.717) is 23.7 Å². The van der Waals surface area contributed by atoms with Crippen LogP contribution in [0.3, 0.4) is 0 Å². The second-order valence-corrected chi connectivity index (χ2v) is 6.56. The van der Waals surface area contributed by atoms with E-state index in [1.54, 1.807) is 0 Å². The molecule has 0 aromatic rings. The van der Waals surface area contributed by atoms with Gasteiger partial charge < -0.3 is 4.90 Å². The second-order valence-electron chi connectivity index (χ2n) is 6.56. The summed E-state index contributed by atoms with van der Waals surface area (Å²) < 4.78 is 0. The fourth-order valence-corrected chi connectivity index (χ4v) is 3.10. The number of rotatable bonds is 6. The normalized spacial score (nSPS) is 26.6. The SMILES string of the molecule is CCCN(CC=CC1CCC(C)=CC1C)C(=O)C1CC1. The molecule has 0 radical (unpaired) electrons. The van der Waals surface area contributed by atoms with Crippen molar-refractivity contribution in [1.82, 2.24) is 4.90 Å². The summed E-state index contributed by atoms with van der Waals surface area (Å²) in [5.74, 6) is 2.01. The van der Waals surface area contributed by atoms with E-state index < -0.39 is 0 Å². The van der Waals surface area contributed by atoms with Gasteiger partial charge in [0.15, 0.2) is 0 Å². The summed E-state index contributed by atoms with van der Waals surface area (Å²) in [4.78, 5) is 14.2. The predicted octanol–water partition coefficient (Wildman–Crippen LogP) is 4.18. The van der Waals surface area contributed by atoms with Crippen LogP contribution in [0.5, 0.6) is 0 Å². The maximum Gasteiger partial charge on any atom is 0.225 e. The van der Waals surface area contributed by atoms with Crippen LogP contribution in [0.15, 0.2) is 23.8 Å². The maximum absolute atomic E-state index is 12.2. The van der Waals surface area contributed by atoms with E-state index in [1.807, 2.05) is 4.90 Å². The van der Waals surface area contributed by atoms with Gasteiger partial charge in [-0.3, -0.25) is 4.79 Å². The molecule has 0 spiro atoms. The molecule has 1 fully saturated rings. The Kier molecular flexibility index (Phi) is 5.45. The standard InChI is InChI=1S/C18H29NO/c1-4-11-19(18(20)17-9-10-17)12-5-6-16-8-7-14(2)13-15(16)3/h5-6,13,15-17H,4,7-12H2,1-3H3. The van der Waals surface area contributed by atoms with Crippen molar-refractivity contribution in [2.45, 2.75) is 52.9 Å². The van der Waals surface area contributed by atoms with Gasteiger partial charge in [0, 0.05) is 19.0 Å². The van der Waals surface area contributed by atoms with Crippen molar-refractivity contribution in [3.63, 3.8) is 0 Å². The molecule has 0 bridgehead atoms. The van der Waals surface area contributed by atoms with Crippen LogP contribution in [-0.4, -0.2) is 23.9 Å². The molecule has 0 N–H and O–H groups in total. The molecule has 0 aromatic carbocycles. The van der Waals surface area contributed by atoms with Crippen molar-refractivity contribution in [3.8, 4) is 0 Å². The molecule has 2 heteroatoms. The third-order valence-corrected chi connectivity index (χ3v) is 4.54. The third kappa shape index (κ3) is 4.22. The van der Waals surface area contributed by atoms with Crippen LogP contribution in [-0.2, 0) is 4.79 Å². The Bertz CT molecular complexity index is 392. The van der Waals surface area contributed by atoms with Crippen molar-refractivity contribution in [1.29, 1.82) is 0 Å². The summed E-state index contributed by atoms with van der Waals surface area (Å²) in [5.41, 5.74) is 1.53. The van der Waals surface area contributed by atoms with Crippen LogP contribution in [0, 0.1) is 17.8 Å². The molecule has 1 saturated carbocycles. The Labute approximate surface area is 123 Å². The summed E-state index contributed by atoms with van der Waals surface area (Å²) in [7, 11) is 0. The molecule has 2 nitrogen and oxygen atoms in total. The predicted molar refractivity (Wildman–Crippen MR) is 84.4 cm³/mol. The fourth-order valence-electron chi connectivity index (χ4n) is 3.10. The van der Waals surface area contributed by atoms with E-state index in [9.17, 15) is 4.79 Å². The quantitative estimate of drug-likeness (QED) is 0.666. The highest BCUT2D eigenvalue weighted by molar-refractivity contribution is 5.81. The smallest absolute Gasteiger partial charge is 0.225 e. The highest BCUT2D eigenvalue weighted by atomic mass is 16.2. The molecule has 2 atom stereocenters. The molecular formula is C18H29NO. The Morgan fingerprint density at radius 1 is 1.40 bits per heavy atom. The average molecular weight is 275 g/mol. The van der Waals surface area contributed by atoms with E-state index in [4.69, 9.17) is 0 Å². The maximum atomic E-state index is 12.2. The van der Waals surface area contributed by atoms with Gasteiger partial charge in [0.2, 0.25) is 5.91 Å². The minimum Gasteiger partial charge on any atom is -0.339 e. The first kappa shape index (κ1) is 15.3. The summed E-state index contributed by atoms with van der Waals surface area (Å²) >= 11 is 0. The monoisotopic (exact) mass is 275 g/mol. The first-order valence-corrected chi connectivity index (χ1v) is 8.24. The number of carbonyl (C=O) groups excluding carboxylic acids is 1. The van der Waals surface area contributed by atoms with E-state index in [0.717, 1.165) is 32.4 Å². The highest BCUT2D eigenvalue weighted by Gasteiger charge is 2.32. The van der Waals surface area contributed by atoms with Crippen LogP contribution in [0.2, 0.25) is 0 Å². The second kappa shape index (κ2) is 7.10. The number of amides is 1. The fraction of sp³-hybridized carbons (Fsp3) is 0.722. The van der Waals surface area contributed by atoms with Gasteiger partial charge >= 0.3 is 0 Å². The zero-order chi connectivity index (χ0) is 14.5. The number of allylic oxidation sites excluding steroid dienone is 3. The lowest BCUT2D eigenvalue weighted by Gasteiger charge is -2.25. The first-order valence-electron chi connectivity index (χ1n) is 8.24. The summed E-state index contributed by atoms with van der Waals surface area (Å²) in [6, 6.07) is 0. The largest absolute Gasteiger partial charge is 0.339 e. The molecule has 0 saturated heterocycles. The average Bonchev–Trinajstić information content (AvgIpc) is 3.23. The third-order valence-electron chi connectivity index (χ3n) is 4.54. The van der Waals surface area contributed by atoms with Crippen molar-refractivity contribution < 1.29 is 4.79 Å². The molecular weight excluding hydrogens is 246 g/mol. The van der Waals surface area contributed by atoms with Crippen molar-refractivity contribution in [3.05, 3.63) is 23.8 Å². The molecule has 20 heavy (non-hydrogen) atoms. The number of nitrogens with zero attached hydrogens (tertiary/aromatic N) is 1. The highest BCUT2D eigenvalue weighted by Crippen LogP contribution is 2.31. The summed E-state index contributed by atoms with van der Waals surface area (Å²) in [6.07, 6.45) is 12.7. The lowest BCUT2D eigenvalue weighted by atomic mass is 9.82. The Morgan fingerprint density at radius 2 is 2.15 bits per heavy atom. The van der Waals surface area contributed by atoms with Crippen LogP contribution < -0.4 is 0 Å². The zero-order valence-electron chi connectivity index (χ0n) is 13.3. The molecule has 0 aromatic heterocycles. The Balaban J connectivity index is 1.85. The van der Waals surface area contributed by atoms with Gasteiger partial charge in [-0.15, -0.1) is 0 Å². The number of hydrogen-bond acceptors (Lipinski definition) is 1. The zero-order valence-corrected chi connectivity index (χ0v) is 13.3. The summed E-state index contributed by atoms with van der Waals surface area (Å²) in [5, 5.41) is 0. The van der Waals surface area contributed by atoms with Gasteiger partial charge in [-0.05, 0) is 50.9 Å². The number of carbonyl (C=O) groups is 1. The van der Waals surface area contributed by atoms with Crippen LogP contribution in [0.1, 0.15) is 52.9 Å². The van der Waals surface area contributed by atoms with Gasteiger partial charge in [-0.25, -0.2) is 0 Å². The van der Waals surface area contributed by atoms with Gasteiger partial charge in [-0.1, -0.05) is 37.6 Å². The molecule has 2 aliphatic carbocycles. The summed E-state index contributed by atoms with van der Waals surface area (Å²) in [6.45, 7) is 8.38. The van der Waals surface area contributed by atoms with Gasteiger partial charge in [0.05, 0.1) is 0 Å². The lowest BCUT2D eigenvalue weighted by molar-refractivity contribution is -0.132. The Morgan fingerprint density at radius 3 is 2.75 bits per heavy atom. The molecule has 112 valence electrons. The minimum absolute atomic E-state index is 0.342. The van der Waals surface area contributed by atoms with Crippen molar-refractivity contribution >= 4 is 5.91 Å². The molecule has 1 amide bonds. The molecule has 2 rings (SSSR count). The van der Waals surface area contributed by atoms with E-state index >= 15 is 0 Å². The van der Waals surface area contributed by atoms with Crippen LogP contribution in [0.25, 0.3) is 0 Å². The van der Waals surface area contributed by atoms with Crippen molar-refractivity contribution in [2.24, 2.45) is 17.8 Å². The van der Waals surface area contributed by atoms with E-state index in [-0.39, 0.29) is 0 Å². The van der Waals surface area contributed by atoms with Crippen LogP contribution in [0.4, 0.5) is 0 Å². The minimum atomic E-state index is 0.342. The van der Waals surface area contributed by atoms with Gasteiger partial charge in [0.25, 0.3) is 0 Å². The van der Waals surface area contributed by atoms with Gasteiger partial charge in [0.1, 0.15) is 0 Å². The van der Waals surface area contributed by atoms with Crippen LogP contribution >= 0.6 is 0 Å². The topological polar surface area (TPSA) is 20.3 Å². The molecule has 0 aliphatic heterocycles.